The molecule has 1 aromatic heterocycles. The Morgan fingerprint density at radius 2 is 1.91 bits per heavy atom. The molecule has 0 bridgehead atoms. The number of nitrogens with zero attached hydrogens (tertiary/aromatic N) is 4. The fraction of sp³-hybridized carbons (Fsp3) is 0.348. The molecule has 1 saturated heterocycles. The molecule has 174 valence electrons. The number of rotatable bonds is 9. The van der Waals surface area contributed by atoms with Crippen LogP contribution in [0.15, 0.2) is 53.7 Å². The standard InChI is InChI=1S/C23H26ClN5O3S/c1-2-32-20-6-4-3-5-19(20)25-22(30)16-33-23-27-26-21(15-28-11-13-31-14-12-28)29(23)18-9-7-17(24)8-10-18/h3-10H,2,11-16H2,1H3,(H,25,30). The van der Waals surface area contributed by atoms with E-state index in [-0.39, 0.29) is 11.7 Å². The Morgan fingerprint density at radius 1 is 1.15 bits per heavy atom. The van der Waals surface area contributed by atoms with E-state index in [0.717, 1.165) is 24.6 Å². The van der Waals surface area contributed by atoms with Crippen LogP contribution in [0.25, 0.3) is 5.69 Å². The number of amides is 1. The first-order valence-corrected chi connectivity index (χ1v) is 12.1. The number of anilines is 1. The lowest BCUT2D eigenvalue weighted by atomic mass is 10.3. The van der Waals surface area contributed by atoms with Crippen LogP contribution in [0, 0.1) is 0 Å². The van der Waals surface area contributed by atoms with Crippen molar-refractivity contribution in [2.24, 2.45) is 0 Å². The number of carbonyl (C=O) groups excluding carboxylic acids is 1. The van der Waals surface area contributed by atoms with E-state index in [0.29, 0.717) is 48.0 Å². The van der Waals surface area contributed by atoms with Gasteiger partial charge in [0.25, 0.3) is 0 Å². The second-order valence-corrected chi connectivity index (χ2v) is 8.74. The lowest BCUT2D eigenvalue weighted by molar-refractivity contribution is -0.113. The van der Waals surface area contributed by atoms with Crippen LogP contribution in [-0.2, 0) is 16.1 Å². The van der Waals surface area contributed by atoms with E-state index in [9.17, 15) is 4.79 Å². The molecule has 0 saturated carbocycles. The number of nitrogens with one attached hydrogen (secondary N) is 1. The largest absolute Gasteiger partial charge is 0.492 e. The molecule has 0 aliphatic carbocycles. The SMILES string of the molecule is CCOc1ccccc1NC(=O)CSc1nnc(CN2CCOCC2)n1-c1ccc(Cl)cc1. The normalized spacial score (nSPS) is 14.2. The van der Waals surface area contributed by atoms with E-state index in [1.54, 1.807) is 0 Å². The molecular weight excluding hydrogens is 462 g/mol. The highest BCUT2D eigenvalue weighted by Gasteiger charge is 2.20. The van der Waals surface area contributed by atoms with Crippen LogP contribution in [0.5, 0.6) is 5.75 Å². The lowest BCUT2D eigenvalue weighted by Gasteiger charge is -2.26. The molecule has 0 radical (unpaired) electrons. The number of hydrogen-bond acceptors (Lipinski definition) is 7. The summed E-state index contributed by atoms with van der Waals surface area (Å²) in [5.41, 5.74) is 1.55. The van der Waals surface area contributed by atoms with Crippen molar-refractivity contribution >= 4 is 35.0 Å². The van der Waals surface area contributed by atoms with Crippen molar-refractivity contribution < 1.29 is 14.3 Å². The Kier molecular flexibility index (Phi) is 8.22. The average Bonchev–Trinajstić information content (AvgIpc) is 3.22. The first-order chi connectivity index (χ1) is 16.1. The van der Waals surface area contributed by atoms with Gasteiger partial charge < -0.3 is 14.8 Å². The van der Waals surface area contributed by atoms with Gasteiger partial charge in [0.15, 0.2) is 11.0 Å². The molecule has 10 heteroatoms. The summed E-state index contributed by atoms with van der Waals surface area (Å²) in [7, 11) is 0. The number of para-hydroxylation sites is 2. The molecule has 0 spiro atoms. The van der Waals surface area contributed by atoms with Crippen LogP contribution in [0.3, 0.4) is 0 Å². The lowest BCUT2D eigenvalue weighted by Crippen LogP contribution is -2.36. The van der Waals surface area contributed by atoms with Crippen molar-refractivity contribution in [3.63, 3.8) is 0 Å². The Bertz CT molecular complexity index is 1070. The van der Waals surface area contributed by atoms with Gasteiger partial charge in [-0.2, -0.15) is 0 Å². The van der Waals surface area contributed by atoms with E-state index in [1.165, 1.54) is 11.8 Å². The Morgan fingerprint density at radius 3 is 2.67 bits per heavy atom. The summed E-state index contributed by atoms with van der Waals surface area (Å²) in [6, 6.07) is 14.9. The molecule has 1 fully saturated rings. The summed E-state index contributed by atoms with van der Waals surface area (Å²) in [5, 5.41) is 13.0. The van der Waals surface area contributed by atoms with Gasteiger partial charge in [-0.25, -0.2) is 0 Å². The minimum Gasteiger partial charge on any atom is -0.492 e. The molecule has 1 amide bonds. The zero-order valence-corrected chi connectivity index (χ0v) is 19.9. The molecule has 3 aromatic rings. The number of thioether (sulfide) groups is 1. The van der Waals surface area contributed by atoms with Gasteiger partial charge in [-0.1, -0.05) is 35.5 Å². The Labute approximate surface area is 202 Å². The van der Waals surface area contributed by atoms with Crippen LogP contribution >= 0.6 is 23.4 Å². The molecule has 4 rings (SSSR count). The highest BCUT2D eigenvalue weighted by Crippen LogP contribution is 2.26. The maximum Gasteiger partial charge on any atom is 0.234 e. The van der Waals surface area contributed by atoms with E-state index in [4.69, 9.17) is 21.1 Å². The summed E-state index contributed by atoms with van der Waals surface area (Å²) >= 11 is 7.43. The Balaban J connectivity index is 1.49. The Hall–Kier alpha value is -2.59. The number of ether oxygens (including phenoxy) is 2. The van der Waals surface area contributed by atoms with Crippen molar-refractivity contribution in [1.29, 1.82) is 0 Å². The minimum absolute atomic E-state index is 0.146. The second kappa shape index (κ2) is 11.5. The van der Waals surface area contributed by atoms with Crippen LogP contribution in [-0.4, -0.2) is 64.2 Å². The van der Waals surface area contributed by atoms with E-state index in [1.807, 2.05) is 60.0 Å². The fourth-order valence-corrected chi connectivity index (χ4v) is 4.37. The van der Waals surface area contributed by atoms with Crippen LogP contribution in [0.1, 0.15) is 12.7 Å². The third kappa shape index (κ3) is 6.26. The predicted molar refractivity (Wildman–Crippen MR) is 129 cm³/mol. The van der Waals surface area contributed by atoms with Crippen LogP contribution in [0.4, 0.5) is 5.69 Å². The number of carbonyl (C=O) groups is 1. The smallest absolute Gasteiger partial charge is 0.234 e. The summed E-state index contributed by atoms with van der Waals surface area (Å²) < 4.78 is 13.0. The van der Waals surface area contributed by atoms with Crippen molar-refractivity contribution in [3.05, 3.63) is 59.4 Å². The van der Waals surface area contributed by atoms with Gasteiger partial charge in [-0.3, -0.25) is 14.3 Å². The van der Waals surface area contributed by atoms with Gasteiger partial charge in [-0.05, 0) is 43.3 Å². The van der Waals surface area contributed by atoms with Gasteiger partial charge in [-0.15, -0.1) is 10.2 Å². The topological polar surface area (TPSA) is 81.5 Å². The van der Waals surface area contributed by atoms with Crippen molar-refractivity contribution in [2.75, 3.05) is 44.0 Å². The van der Waals surface area contributed by atoms with Crippen LogP contribution in [0.2, 0.25) is 5.02 Å². The number of aromatic nitrogens is 3. The molecular formula is C23H26ClN5O3S. The first-order valence-electron chi connectivity index (χ1n) is 10.8. The first kappa shape index (κ1) is 23.6. The van der Waals surface area contributed by atoms with Gasteiger partial charge >= 0.3 is 0 Å². The summed E-state index contributed by atoms with van der Waals surface area (Å²) in [4.78, 5) is 15.0. The molecule has 33 heavy (non-hydrogen) atoms. The monoisotopic (exact) mass is 487 g/mol. The maximum atomic E-state index is 12.7. The van der Waals surface area contributed by atoms with Crippen molar-refractivity contribution in [2.45, 2.75) is 18.6 Å². The average molecular weight is 488 g/mol. The minimum atomic E-state index is -0.146. The molecule has 2 heterocycles. The fourth-order valence-electron chi connectivity index (χ4n) is 3.47. The molecule has 0 atom stereocenters. The molecule has 0 unspecified atom stereocenters. The number of benzene rings is 2. The maximum absolute atomic E-state index is 12.7. The molecule has 1 aliphatic heterocycles. The zero-order valence-electron chi connectivity index (χ0n) is 18.4. The third-order valence-corrected chi connectivity index (χ3v) is 6.23. The van der Waals surface area contributed by atoms with E-state index < -0.39 is 0 Å². The quantitative estimate of drug-likeness (QED) is 0.458. The predicted octanol–water partition coefficient (Wildman–Crippen LogP) is 3.88. The zero-order chi connectivity index (χ0) is 23.0. The van der Waals surface area contributed by atoms with E-state index in [2.05, 4.69) is 20.4 Å². The highest BCUT2D eigenvalue weighted by atomic mass is 35.5. The van der Waals surface area contributed by atoms with Gasteiger partial charge in [0.05, 0.1) is 37.8 Å². The molecule has 1 aliphatic rings. The van der Waals surface area contributed by atoms with Crippen molar-refractivity contribution in [1.82, 2.24) is 19.7 Å². The molecule has 2 aromatic carbocycles. The summed E-state index contributed by atoms with van der Waals surface area (Å²) in [6.07, 6.45) is 0. The van der Waals surface area contributed by atoms with E-state index >= 15 is 0 Å². The van der Waals surface area contributed by atoms with Crippen molar-refractivity contribution in [3.8, 4) is 11.4 Å². The second-order valence-electron chi connectivity index (χ2n) is 7.37. The van der Waals surface area contributed by atoms with Gasteiger partial charge in [0.1, 0.15) is 5.75 Å². The van der Waals surface area contributed by atoms with Gasteiger partial charge in [0, 0.05) is 23.8 Å². The molecule has 1 N–H and O–H groups in total. The summed E-state index contributed by atoms with van der Waals surface area (Å²) in [5.74, 6) is 1.50. The summed E-state index contributed by atoms with van der Waals surface area (Å²) in [6.45, 7) is 6.19. The third-order valence-electron chi connectivity index (χ3n) is 5.05. The molecule has 8 nitrogen and oxygen atoms in total. The highest BCUT2D eigenvalue weighted by molar-refractivity contribution is 7.99. The van der Waals surface area contributed by atoms with Gasteiger partial charge in [0.2, 0.25) is 5.91 Å². The number of halogens is 1. The van der Waals surface area contributed by atoms with Crippen LogP contribution < -0.4 is 10.1 Å². The number of morpholine rings is 1. The number of hydrogen-bond donors (Lipinski definition) is 1.